The number of nitrogens with one attached hydrogen (secondary N) is 1. The third kappa shape index (κ3) is 3.10. The molecule has 2 aliphatic rings. The SMILES string of the molecule is CC1OCCC1NC1CCN(c2ccccc2)CC1. The van der Waals surface area contributed by atoms with E-state index in [1.165, 1.54) is 24.9 Å². The van der Waals surface area contributed by atoms with Crippen LogP contribution in [0.25, 0.3) is 0 Å². The van der Waals surface area contributed by atoms with Crippen LogP contribution in [-0.2, 0) is 4.74 Å². The summed E-state index contributed by atoms with van der Waals surface area (Å²) in [6.45, 7) is 5.42. The first-order valence-corrected chi connectivity index (χ1v) is 7.50. The van der Waals surface area contributed by atoms with Crippen molar-refractivity contribution in [2.24, 2.45) is 0 Å². The van der Waals surface area contributed by atoms with Gasteiger partial charge in [-0.05, 0) is 38.3 Å². The van der Waals surface area contributed by atoms with Crippen molar-refractivity contribution in [3.8, 4) is 0 Å². The zero-order chi connectivity index (χ0) is 13.1. The lowest BCUT2D eigenvalue weighted by Crippen LogP contribution is -2.48. The molecular weight excluding hydrogens is 236 g/mol. The molecule has 0 spiro atoms. The molecule has 0 amide bonds. The highest BCUT2D eigenvalue weighted by Gasteiger charge is 2.28. The summed E-state index contributed by atoms with van der Waals surface area (Å²) in [6.07, 6.45) is 4.02. The first kappa shape index (κ1) is 12.9. The van der Waals surface area contributed by atoms with Gasteiger partial charge >= 0.3 is 0 Å². The van der Waals surface area contributed by atoms with Gasteiger partial charge in [0.1, 0.15) is 0 Å². The molecule has 2 unspecified atom stereocenters. The maximum Gasteiger partial charge on any atom is 0.0700 e. The normalized spacial score (nSPS) is 28.8. The van der Waals surface area contributed by atoms with Crippen molar-refractivity contribution < 1.29 is 4.74 Å². The molecule has 104 valence electrons. The van der Waals surface area contributed by atoms with Gasteiger partial charge < -0.3 is 15.0 Å². The van der Waals surface area contributed by atoms with Gasteiger partial charge in [-0.15, -0.1) is 0 Å². The summed E-state index contributed by atoms with van der Waals surface area (Å²) in [5.74, 6) is 0. The fourth-order valence-electron chi connectivity index (χ4n) is 3.20. The summed E-state index contributed by atoms with van der Waals surface area (Å²) in [7, 11) is 0. The highest BCUT2D eigenvalue weighted by molar-refractivity contribution is 5.46. The topological polar surface area (TPSA) is 24.5 Å². The molecule has 3 rings (SSSR count). The lowest BCUT2D eigenvalue weighted by Gasteiger charge is -2.35. The summed E-state index contributed by atoms with van der Waals surface area (Å²) >= 11 is 0. The van der Waals surface area contributed by atoms with E-state index in [1.807, 2.05) is 0 Å². The summed E-state index contributed by atoms with van der Waals surface area (Å²) in [6, 6.07) is 12.0. The second-order valence-corrected chi connectivity index (χ2v) is 5.73. The number of piperidine rings is 1. The van der Waals surface area contributed by atoms with Crippen LogP contribution >= 0.6 is 0 Å². The van der Waals surface area contributed by atoms with Crippen LogP contribution in [0.15, 0.2) is 30.3 Å². The number of ether oxygens (including phenoxy) is 1. The smallest absolute Gasteiger partial charge is 0.0700 e. The fraction of sp³-hybridized carbons (Fsp3) is 0.625. The van der Waals surface area contributed by atoms with Gasteiger partial charge in [-0.25, -0.2) is 0 Å². The van der Waals surface area contributed by atoms with Gasteiger partial charge in [0.25, 0.3) is 0 Å². The van der Waals surface area contributed by atoms with Crippen LogP contribution in [0.1, 0.15) is 26.2 Å². The standard InChI is InChI=1S/C16H24N2O/c1-13-16(9-12-19-13)17-14-7-10-18(11-8-14)15-5-3-2-4-6-15/h2-6,13-14,16-17H,7-12H2,1H3. The molecule has 1 aromatic rings. The third-order valence-electron chi connectivity index (χ3n) is 4.44. The molecule has 2 aliphatic heterocycles. The van der Waals surface area contributed by atoms with E-state index in [0.29, 0.717) is 18.2 Å². The zero-order valence-corrected chi connectivity index (χ0v) is 11.7. The van der Waals surface area contributed by atoms with Crippen LogP contribution in [0.4, 0.5) is 5.69 Å². The van der Waals surface area contributed by atoms with Gasteiger partial charge in [0.05, 0.1) is 6.10 Å². The molecule has 2 fully saturated rings. The van der Waals surface area contributed by atoms with E-state index in [0.717, 1.165) is 19.7 Å². The first-order chi connectivity index (χ1) is 9.33. The van der Waals surface area contributed by atoms with E-state index in [9.17, 15) is 0 Å². The number of hydrogen-bond acceptors (Lipinski definition) is 3. The van der Waals surface area contributed by atoms with Crippen LogP contribution in [0.3, 0.4) is 0 Å². The number of hydrogen-bond donors (Lipinski definition) is 1. The Labute approximate surface area is 115 Å². The first-order valence-electron chi connectivity index (χ1n) is 7.50. The Kier molecular flexibility index (Phi) is 4.04. The predicted octanol–water partition coefficient (Wildman–Crippen LogP) is 2.42. The highest BCUT2D eigenvalue weighted by Crippen LogP contribution is 2.21. The molecule has 1 aromatic carbocycles. The summed E-state index contributed by atoms with van der Waals surface area (Å²) in [4.78, 5) is 2.49. The lowest BCUT2D eigenvalue weighted by atomic mass is 10.0. The molecule has 0 aliphatic carbocycles. The number of para-hydroxylation sites is 1. The van der Waals surface area contributed by atoms with E-state index in [2.05, 4.69) is 47.5 Å². The Balaban J connectivity index is 1.49. The Bertz CT molecular complexity index is 387. The molecule has 1 N–H and O–H groups in total. The van der Waals surface area contributed by atoms with Crippen molar-refractivity contribution in [3.05, 3.63) is 30.3 Å². The highest BCUT2D eigenvalue weighted by atomic mass is 16.5. The van der Waals surface area contributed by atoms with Crippen LogP contribution in [0.2, 0.25) is 0 Å². The number of anilines is 1. The number of rotatable bonds is 3. The lowest BCUT2D eigenvalue weighted by molar-refractivity contribution is 0.110. The fourth-order valence-corrected chi connectivity index (χ4v) is 3.20. The minimum absolute atomic E-state index is 0.382. The van der Waals surface area contributed by atoms with Gasteiger partial charge in [0.2, 0.25) is 0 Å². The molecule has 0 aromatic heterocycles. The summed E-state index contributed by atoms with van der Waals surface area (Å²) in [5, 5.41) is 3.79. The van der Waals surface area contributed by atoms with E-state index < -0.39 is 0 Å². The van der Waals surface area contributed by atoms with Gasteiger partial charge in [0.15, 0.2) is 0 Å². The minimum Gasteiger partial charge on any atom is -0.377 e. The third-order valence-corrected chi connectivity index (χ3v) is 4.44. The Morgan fingerprint density at radius 1 is 1.11 bits per heavy atom. The van der Waals surface area contributed by atoms with Crippen molar-refractivity contribution in [3.63, 3.8) is 0 Å². The average molecular weight is 260 g/mol. The minimum atomic E-state index is 0.382. The molecule has 3 nitrogen and oxygen atoms in total. The van der Waals surface area contributed by atoms with Crippen molar-refractivity contribution in [2.75, 3.05) is 24.6 Å². The molecular formula is C16H24N2O. The molecule has 3 heteroatoms. The molecule has 0 bridgehead atoms. The quantitative estimate of drug-likeness (QED) is 0.903. The van der Waals surface area contributed by atoms with E-state index in [-0.39, 0.29) is 0 Å². The van der Waals surface area contributed by atoms with Crippen LogP contribution in [-0.4, -0.2) is 37.9 Å². The second-order valence-electron chi connectivity index (χ2n) is 5.73. The molecule has 0 radical (unpaired) electrons. The van der Waals surface area contributed by atoms with Gasteiger partial charge in [0, 0.05) is 37.5 Å². The van der Waals surface area contributed by atoms with E-state index in [1.54, 1.807) is 0 Å². The van der Waals surface area contributed by atoms with Gasteiger partial charge in [-0.1, -0.05) is 18.2 Å². The van der Waals surface area contributed by atoms with E-state index >= 15 is 0 Å². The van der Waals surface area contributed by atoms with E-state index in [4.69, 9.17) is 4.74 Å². The average Bonchev–Trinajstić information content (AvgIpc) is 2.86. The zero-order valence-electron chi connectivity index (χ0n) is 11.7. The molecule has 2 atom stereocenters. The van der Waals surface area contributed by atoms with Crippen LogP contribution in [0, 0.1) is 0 Å². The Morgan fingerprint density at radius 2 is 1.84 bits per heavy atom. The van der Waals surface area contributed by atoms with Crippen molar-refractivity contribution in [2.45, 2.75) is 44.4 Å². The van der Waals surface area contributed by atoms with Gasteiger partial charge in [-0.2, -0.15) is 0 Å². The largest absolute Gasteiger partial charge is 0.377 e. The van der Waals surface area contributed by atoms with Crippen LogP contribution in [0.5, 0.6) is 0 Å². The van der Waals surface area contributed by atoms with Crippen LogP contribution < -0.4 is 10.2 Å². The molecule has 0 saturated carbocycles. The molecule has 2 saturated heterocycles. The maximum absolute atomic E-state index is 5.62. The Hall–Kier alpha value is -1.06. The van der Waals surface area contributed by atoms with Crippen molar-refractivity contribution >= 4 is 5.69 Å². The Morgan fingerprint density at radius 3 is 2.47 bits per heavy atom. The van der Waals surface area contributed by atoms with Crippen molar-refractivity contribution in [1.29, 1.82) is 0 Å². The molecule has 19 heavy (non-hydrogen) atoms. The maximum atomic E-state index is 5.62. The second kappa shape index (κ2) is 5.93. The summed E-state index contributed by atoms with van der Waals surface area (Å²) in [5.41, 5.74) is 1.36. The molecule has 2 heterocycles. The number of nitrogens with zero attached hydrogens (tertiary/aromatic N) is 1. The van der Waals surface area contributed by atoms with Crippen molar-refractivity contribution in [1.82, 2.24) is 5.32 Å². The predicted molar refractivity (Wildman–Crippen MR) is 78.6 cm³/mol. The summed E-state index contributed by atoms with van der Waals surface area (Å²) < 4.78 is 5.62. The monoisotopic (exact) mass is 260 g/mol. The number of benzene rings is 1. The van der Waals surface area contributed by atoms with Gasteiger partial charge in [-0.3, -0.25) is 0 Å².